The molecular weight excluding hydrogens is 231 g/mol. The minimum atomic E-state index is -0.433. The third-order valence-electron chi connectivity index (χ3n) is 2.78. The van der Waals surface area contributed by atoms with Gasteiger partial charge in [0, 0.05) is 6.20 Å². The fourth-order valence-corrected chi connectivity index (χ4v) is 1.86. The molecule has 94 valence electrons. The predicted molar refractivity (Wildman–Crippen MR) is 66.4 cm³/mol. The summed E-state index contributed by atoms with van der Waals surface area (Å²) in [7, 11) is 0. The summed E-state index contributed by atoms with van der Waals surface area (Å²) >= 11 is 0. The van der Waals surface area contributed by atoms with E-state index in [0.717, 1.165) is 29.6 Å². The molecule has 0 aliphatic heterocycles. The van der Waals surface area contributed by atoms with E-state index in [-0.39, 0.29) is 5.82 Å². The minimum Gasteiger partial charge on any atom is -0.320 e. The quantitative estimate of drug-likeness (QED) is 0.898. The van der Waals surface area contributed by atoms with Gasteiger partial charge in [-0.15, -0.1) is 0 Å². The number of halogens is 1. The molecular formula is C13H15FN4. The Labute approximate surface area is 105 Å². The second-order valence-corrected chi connectivity index (χ2v) is 4.16. The molecule has 0 bridgehead atoms. The van der Waals surface area contributed by atoms with Gasteiger partial charge in [0.15, 0.2) is 0 Å². The van der Waals surface area contributed by atoms with Gasteiger partial charge in [0.25, 0.3) is 0 Å². The number of hydrogen-bond donors (Lipinski definition) is 1. The lowest BCUT2D eigenvalue weighted by Crippen LogP contribution is -2.16. The number of nitrogens with two attached hydrogens (primary N) is 1. The molecule has 2 rings (SSSR count). The SMILES string of the molecule is CCc1nnc(C)cc1C(N)c1cncc(F)c1. The fraction of sp³-hybridized carbons (Fsp3) is 0.308. The van der Waals surface area contributed by atoms with Gasteiger partial charge in [0.05, 0.1) is 23.6 Å². The molecule has 4 nitrogen and oxygen atoms in total. The Morgan fingerprint density at radius 3 is 2.72 bits per heavy atom. The molecule has 2 N–H and O–H groups in total. The van der Waals surface area contributed by atoms with Gasteiger partial charge >= 0.3 is 0 Å². The number of rotatable bonds is 3. The maximum absolute atomic E-state index is 13.2. The average Bonchev–Trinajstić information content (AvgIpc) is 2.38. The van der Waals surface area contributed by atoms with E-state index in [1.165, 1.54) is 6.07 Å². The lowest BCUT2D eigenvalue weighted by molar-refractivity contribution is 0.615. The maximum atomic E-state index is 13.2. The number of aromatic nitrogens is 3. The highest BCUT2D eigenvalue weighted by atomic mass is 19.1. The number of nitrogens with zero attached hydrogens (tertiary/aromatic N) is 3. The third kappa shape index (κ3) is 2.51. The topological polar surface area (TPSA) is 64.7 Å². The monoisotopic (exact) mass is 246 g/mol. The number of aryl methyl sites for hydroxylation is 2. The third-order valence-corrected chi connectivity index (χ3v) is 2.78. The van der Waals surface area contributed by atoms with E-state index in [1.807, 2.05) is 19.9 Å². The Balaban J connectivity index is 2.44. The molecule has 0 aliphatic carbocycles. The lowest BCUT2D eigenvalue weighted by Gasteiger charge is -2.15. The van der Waals surface area contributed by atoms with Gasteiger partial charge in [-0.3, -0.25) is 4.98 Å². The van der Waals surface area contributed by atoms with E-state index < -0.39 is 6.04 Å². The normalized spacial score (nSPS) is 12.4. The zero-order chi connectivity index (χ0) is 13.1. The van der Waals surface area contributed by atoms with Crippen molar-refractivity contribution in [2.24, 2.45) is 5.73 Å². The van der Waals surface area contributed by atoms with Crippen molar-refractivity contribution in [1.29, 1.82) is 0 Å². The van der Waals surface area contributed by atoms with Crippen molar-refractivity contribution in [2.45, 2.75) is 26.3 Å². The van der Waals surface area contributed by atoms with Crippen molar-refractivity contribution < 1.29 is 4.39 Å². The molecule has 1 atom stereocenters. The molecule has 0 saturated carbocycles. The van der Waals surface area contributed by atoms with E-state index in [0.29, 0.717) is 5.56 Å². The number of pyridine rings is 1. The van der Waals surface area contributed by atoms with Gasteiger partial charge in [-0.2, -0.15) is 10.2 Å². The molecule has 5 heteroatoms. The van der Waals surface area contributed by atoms with E-state index in [1.54, 1.807) is 6.20 Å². The van der Waals surface area contributed by atoms with E-state index >= 15 is 0 Å². The van der Waals surface area contributed by atoms with Crippen LogP contribution in [-0.2, 0) is 6.42 Å². The summed E-state index contributed by atoms with van der Waals surface area (Å²) in [6.45, 7) is 3.84. The Morgan fingerprint density at radius 2 is 2.06 bits per heavy atom. The molecule has 1 unspecified atom stereocenters. The first-order valence-electron chi connectivity index (χ1n) is 5.81. The smallest absolute Gasteiger partial charge is 0.141 e. The molecule has 0 aliphatic rings. The van der Waals surface area contributed by atoms with Crippen LogP contribution >= 0.6 is 0 Å². The average molecular weight is 246 g/mol. The van der Waals surface area contributed by atoms with Crippen LogP contribution in [0.25, 0.3) is 0 Å². The van der Waals surface area contributed by atoms with Crippen LogP contribution in [0.15, 0.2) is 24.5 Å². The largest absolute Gasteiger partial charge is 0.320 e. The summed E-state index contributed by atoms with van der Waals surface area (Å²) in [6, 6.07) is 2.85. The van der Waals surface area contributed by atoms with Gasteiger partial charge in [-0.05, 0) is 36.6 Å². The van der Waals surface area contributed by atoms with Gasteiger partial charge in [-0.25, -0.2) is 4.39 Å². The summed E-state index contributed by atoms with van der Waals surface area (Å²) < 4.78 is 13.2. The Morgan fingerprint density at radius 1 is 1.28 bits per heavy atom. The fourth-order valence-electron chi connectivity index (χ4n) is 1.86. The summed E-state index contributed by atoms with van der Waals surface area (Å²) in [5.74, 6) is -0.389. The molecule has 18 heavy (non-hydrogen) atoms. The van der Waals surface area contributed by atoms with Crippen LogP contribution in [0.1, 0.15) is 35.5 Å². The Kier molecular flexibility index (Phi) is 3.62. The van der Waals surface area contributed by atoms with Crippen LogP contribution in [0, 0.1) is 12.7 Å². The van der Waals surface area contributed by atoms with Crippen molar-refractivity contribution in [2.75, 3.05) is 0 Å². The summed E-state index contributed by atoms with van der Waals surface area (Å²) in [5, 5.41) is 8.13. The lowest BCUT2D eigenvalue weighted by atomic mass is 9.98. The van der Waals surface area contributed by atoms with Crippen LogP contribution in [0.5, 0.6) is 0 Å². The molecule has 2 aromatic rings. The highest BCUT2D eigenvalue weighted by Crippen LogP contribution is 2.22. The first kappa shape index (κ1) is 12.6. The Hall–Kier alpha value is -1.88. The molecule has 0 spiro atoms. The minimum absolute atomic E-state index is 0.389. The van der Waals surface area contributed by atoms with Gasteiger partial charge < -0.3 is 5.73 Å². The molecule has 0 radical (unpaired) electrons. The first-order valence-corrected chi connectivity index (χ1v) is 5.81. The Bertz CT molecular complexity index is 556. The first-order chi connectivity index (χ1) is 8.61. The maximum Gasteiger partial charge on any atom is 0.141 e. The zero-order valence-electron chi connectivity index (χ0n) is 10.4. The highest BCUT2D eigenvalue weighted by Gasteiger charge is 2.15. The molecule has 0 amide bonds. The molecule has 0 fully saturated rings. The second-order valence-electron chi connectivity index (χ2n) is 4.16. The van der Waals surface area contributed by atoms with Crippen molar-refractivity contribution >= 4 is 0 Å². The molecule has 2 heterocycles. The van der Waals surface area contributed by atoms with E-state index in [2.05, 4.69) is 15.2 Å². The standard InChI is InChI=1S/C13H15FN4/c1-3-12-11(4-8(2)17-18-12)13(15)9-5-10(14)7-16-6-9/h4-7,13H,3,15H2,1-2H3. The number of hydrogen-bond acceptors (Lipinski definition) is 4. The van der Waals surface area contributed by atoms with E-state index in [4.69, 9.17) is 5.73 Å². The summed E-state index contributed by atoms with van der Waals surface area (Å²) in [5.41, 5.74) is 9.29. The summed E-state index contributed by atoms with van der Waals surface area (Å²) in [4.78, 5) is 3.82. The van der Waals surface area contributed by atoms with Crippen LogP contribution < -0.4 is 5.73 Å². The van der Waals surface area contributed by atoms with Crippen molar-refractivity contribution in [3.8, 4) is 0 Å². The molecule has 2 aromatic heterocycles. The van der Waals surface area contributed by atoms with Crippen LogP contribution in [0.4, 0.5) is 4.39 Å². The van der Waals surface area contributed by atoms with Gasteiger partial charge in [0.1, 0.15) is 5.82 Å². The van der Waals surface area contributed by atoms with Crippen molar-refractivity contribution in [1.82, 2.24) is 15.2 Å². The van der Waals surface area contributed by atoms with Crippen LogP contribution in [0.3, 0.4) is 0 Å². The molecule has 0 aromatic carbocycles. The summed E-state index contributed by atoms with van der Waals surface area (Å²) in [6.07, 6.45) is 3.47. The van der Waals surface area contributed by atoms with Crippen LogP contribution in [-0.4, -0.2) is 15.2 Å². The van der Waals surface area contributed by atoms with Crippen LogP contribution in [0.2, 0.25) is 0 Å². The van der Waals surface area contributed by atoms with E-state index in [9.17, 15) is 4.39 Å². The highest BCUT2D eigenvalue weighted by molar-refractivity contribution is 5.33. The van der Waals surface area contributed by atoms with Gasteiger partial charge in [0.2, 0.25) is 0 Å². The zero-order valence-corrected chi connectivity index (χ0v) is 10.4. The van der Waals surface area contributed by atoms with Gasteiger partial charge in [-0.1, -0.05) is 6.92 Å². The second kappa shape index (κ2) is 5.18. The predicted octanol–water partition coefficient (Wildman–Crippen LogP) is 1.93. The molecule has 0 saturated heterocycles. The van der Waals surface area contributed by atoms with Crippen molar-refractivity contribution in [3.05, 3.63) is 52.9 Å². The van der Waals surface area contributed by atoms with Crippen molar-refractivity contribution in [3.63, 3.8) is 0 Å².